The van der Waals surface area contributed by atoms with E-state index in [0.29, 0.717) is 10.6 Å². The van der Waals surface area contributed by atoms with Crippen LogP contribution in [0.1, 0.15) is 29.9 Å². The lowest BCUT2D eigenvalue weighted by Crippen LogP contribution is -2.13. The van der Waals surface area contributed by atoms with Crippen LogP contribution in [0.5, 0.6) is 0 Å². The maximum absolute atomic E-state index is 12.0. The first kappa shape index (κ1) is 12.7. The van der Waals surface area contributed by atoms with Crippen molar-refractivity contribution in [2.24, 2.45) is 0 Å². The Kier molecular flexibility index (Phi) is 4.04. The van der Waals surface area contributed by atoms with Crippen LogP contribution in [0.3, 0.4) is 0 Å². The van der Waals surface area contributed by atoms with Crippen LogP contribution in [0.4, 0.5) is 0 Å². The maximum atomic E-state index is 12.0. The van der Waals surface area contributed by atoms with Gasteiger partial charge in [0.25, 0.3) is 0 Å². The van der Waals surface area contributed by atoms with Crippen LogP contribution in [0.15, 0.2) is 30.3 Å². The molecule has 0 N–H and O–H groups in total. The molecule has 2 aromatic rings. The summed E-state index contributed by atoms with van der Waals surface area (Å²) in [4.78, 5) is 12.4. The fourth-order valence-corrected chi connectivity index (χ4v) is 2.00. The zero-order valence-corrected chi connectivity index (χ0v) is 11.1. The van der Waals surface area contributed by atoms with Gasteiger partial charge in [-0.1, -0.05) is 41.7 Å². The molecule has 1 aromatic carbocycles. The predicted molar refractivity (Wildman–Crippen MR) is 70.5 cm³/mol. The normalized spacial score (nSPS) is 12.1. The van der Waals surface area contributed by atoms with Gasteiger partial charge in [-0.25, -0.2) is 4.79 Å². The van der Waals surface area contributed by atoms with Crippen molar-refractivity contribution in [2.45, 2.75) is 26.4 Å². The van der Waals surface area contributed by atoms with Crippen molar-refractivity contribution in [1.29, 1.82) is 0 Å². The number of carbonyl (C=O) groups excluding carboxylic acids is 1. The average Bonchev–Trinajstić information content (AvgIpc) is 2.88. The first-order chi connectivity index (χ1) is 8.72. The summed E-state index contributed by atoms with van der Waals surface area (Å²) in [6.07, 6.45) is 0.696. The molecule has 0 saturated heterocycles. The Morgan fingerprint density at radius 1 is 1.39 bits per heavy atom. The number of esters is 1. The molecule has 0 aliphatic rings. The highest BCUT2D eigenvalue weighted by molar-refractivity contribution is 7.08. The van der Waals surface area contributed by atoms with Gasteiger partial charge < -0.3 is 4.74 Å². The number of benzene rings is 1. The first-order valence-corrected chi connectivity index (χ1v) is 6.58. The van der Waals surface area contributed by atoms with E-state index < -0.39 is 0 Å². The van der Waals surface area contributed by atoms with Crippen LogP contribution in [0.2, 0.25) is 0 Å². The fourth-order valence-electron chi connectivity index (χ4n) is 1.43. The lowest BCUT2D eigenvalue weighted by atomic mass is 10.1. The Morgan fingerprint density at radius 2 is 2.11 bits per heavy atom. The molecule has 1 heterocycles. The standard InChI is InChI=1S/C13H14N2O2S/c1-3-9(2)17-13(16)12-11(14-15-18-12)10-7-5-4-6-8-10/h4-9H,3H2,1-2H3/t9-/m1/s1. The van der Waals surface area contributed by atoms with Crippen molar-refractivity contribution in [3.63, 3.8) is 0 Å². The zero-order valence-electron chi connectivity index (χ0n) is 10.3. The van der Waals surface area contributed by atoms with Gasteiger partial charge in [0.05, 0.1) is 6.10 Å². The lowest BCUT2D eigenvalue weighted by molar-refractivity contribution is 0.0341. The fraction of sp³-hybridized carbons (Fsp3) is 0.308. The highest BCUT2D eigenvalue weighted by atomic mass is 32.1. The number of hydrogen-bond donors (Lipinski definition) is 0. The second-order valence-electron chi connectivity index (χ2n) is 3.94. The van der Waals surface area contributed by atoms with E-state index in [1.54, 1.807) is 0 Å². The second-order valence-corrected chi connectivity index (χ2v) is 4.69. The van der Waals surface area contributed by atoms with Gasteiger partial charge in [-0.15, -0.1) is 5.10 Å². The SMILES string of the molecule is CC[C@@H](C)OC(=O)c1snnc1-c1ccccc1. The molecule has 5 heteroatoms. The summed E-state index contributed by atoms with van der Waals surface area (Å²) in [5.74, 6) is -0.349. The summed E-state index contributed by atoms with van der Waals surface area (Å²) in [6, 6.07) is 9.52. The number of ether oxygens (including phenoxy) is 1. The van der Waals surface area contributed by atoms with E-state index in [2.05, 4.69) is 9.59 Å². The van der Waals surface area contributed by atoms with Crippen LogP contribution in [0, 0.1) is 0 Å². The molecule has 0 unspecified atom stereocenters. The van der Waals surface area contributed by atoms with Gasteiger partial charge in [0.1, 0.15) is 5.69 Å². The Balaban J connectivity index is 2.26. The van der Waals surface area contributed by atoms with Crippen molar-refractivity contribution in [1.82, 2.24) is 9.59 Å². The molecule has 0 radical (unpaired) electrons. The van der Waals surface area contributed by atoms with Gasteiger partial charge in [0.15, 0.2) is 4.88 Å². The molecule has 4 nitrogen and oxygen atoms in total. The van der Waals surface area contributed by atoms with E-state index in [-0.39, 0.29) is 12.1 Å². The molecule has 0 fully saturated rings. The minimum absolute atomic E-state index is 0.0942. The van der Waals surface area contributed by atoms with Crippen LogP contribution in [-0.4, -0.2) is 21.7 Å². The molecule has 0 spiro atoms. The van der Waals surface area contributed by atoms with Gasteiger partial charge in [0.2, 0.25) is 0 Å². The number of aromatic nitrogens is 2. The van der Waals surface area contributed by atoms with Gasteiger partial charge in [-0.2, -0.15) is 0 Å². The van der Waals surface area contributed by atoms with Crippen molar-refractivity contribution >= 4 is 17.5 Å². The third-order valence-electron chi connectivity index (χ3n) is 2.60. The summed E-state index contributed by atoms with van der Waals surface area (Å²) in [5.41, 5.74) is 1.47. The zero-order chi connectivity index (χ0) is 13.0. The van der Waals surface area contributed by atoms with Crippen LogP contribution >= 0.6 is 11.5 Å². The molecule has 0 bridgehead atoms. The molecule has 18 heavy (non-hydrogen) atoms. The summed E-state index contributed by atoms with van der Waals surface area (Å²) in [6.45, 7) is 3.84. The Labute approximate surface area is 110 Å². The van der Waals surface area contributed by atoms with E-state index in [9.17, 15) is 4.79 Å². The van der Waals surface area contributed by atoms with E-state index in [0.717, 1.165) is 23.5 Å². The van der Waals surface area contributed by atoms with Crippen molar-refractivity contribution in [2.75, 3.05) is 0 Å². The number of rotatable bonds is 4. The third-order valence-corrected chi connectivity index (χ3v) is 3.31. The van der Waals surface area contributed by atoms with Crippen LogP contribution < -0.4 is 0 Å². The molecule has 2 rings (SSSR count). The third kappa shape index (κ3) is 2.73. The molecule has 1 aromatic heterocycles. The Hall–Kier alpha value is -1.75. The topological polar surface area (TPSA) is 52.1 Å². The molecule has 0 saturated carbocycles. The average molecular weight is 262 g/mol. The number of carbonyl (C=O) groups is 1. The predicted octanol–water partition coefficient (Wildman–Crippen LogP) is 3.16. The molecule has 0 amide bonds. The monoisotopic (exact) mass is 262 g/mol. The minimum atomic E-state index is -0.349. The van der Waals surface area contributed by atoms with E-state index >= 15 is 0 Å². The highest BCUT2D eigenvalue weighted by Crippen LogP contribution is 2.24. The van der Waals surface area contributed by atoms with E-state index in [4.69, 9.17) is 4.74 Å². The van der Waals surface area contributed by atoms with Crippen molar-refractivity contribution < 1.29 is 9.53 Å². The van der Waals surface area contributed by atoms with Gasteiger partial charge in [0, 0.05) is 5.56 Å². The first-order valence-electron chi connectivity index (χ1n) is 5.81. The van der Waals surface area contributed by atoms with Crippen molar-refractivity contribution in [3.05, 3.63) is 35.2 Å². The molecule has 0 aliphatic heterocycles. The number of hydrogen-bond acceptors (Lipinski definition) is 5. The number of nitrogens with zero attached hydrogens (tertiary/aromatic N) is 2. The molecule has 1 atom stereocenters. The quantitative estimate of drug-likeness (QED) is 0.794. The van der Waals surface area contributed by atoms with Gasteiger partial charge in [-0.3, -0.25) is 0 Å². The van der Waals surface area contributed by atoms with Gasteiger partial charge in [-0.05, 0) is 24.9 Å². The maximum Gasteiger partial charge on any atom is 0.352 e. The van der Waals surface area contributed by atoms with E-state index in [1.807, 2.05) is 44.2 Å². The largest absolute Gasteiger partial charge is 0.458 e. The van der Waals surface area contributed by atoms with Gasteiger partial charge >= 0.3 is 5.97 Å². The molecule has 0 aliphatic carbocycles. The molecular weight excluding hydrogens is 248 g/mol. The highest BCUT2D eigenvalue weighted by Gasteiger charge is 2.20. The van der Waals surface area contributed by atoms with Crippen molar-refractivity contribution in [3.8, 4) is 11.3 Å². The lowest BCUT2D eigenvalue weighted by Gasteiger charge is -2.09. The minimum Gasteiger partial charge on any atom is -0.458 e. The summed E-state index contributed by atoms with van der Waals surface area (Å²) in [7, 11) is 0. The summed E-state index contributed by atoms with van der Waals surface area (Å²) in [5, 5.41) is 4.01. The second kappa shape index (κ2) is 5.73. The molecular formula is C13H14N2O2S. The Morgan fingerprint density at radius 3 is 2.78 bits per heavy atom. The Bertz CT molecular complexity index is 525. The summed E-state index contributed by atoms with van der Waals surface area (Å²) >= 11 is 1.07. The van der Waals surface area contributed by atoms with Crippen LogP contribution in [0.25, 0.3) is 11.3 Å². The van der Waals surface area contributed by atoms with E-state index in [1.165, 1.54) is 0 Å². The summed E-state index contributed by atoms with van der Waals surface area (Å²) < 4.78 is 9.14. The van der Waals surface area contributed by atoms with Crippen LogP contribution in [-0.2, 0) is 4.74 Å². The molecule has 94 valence electrons. The smallest absolute Gasteiger partial charge is 0.352 e.